The molecule has 5 rings (SSSR count). The Kier molecular flexibility index (Phi) is 8.44. The van der Waals surface area contributed by atoms with Crippen molar-refractivity contribution >= 4 is 42.5 Å². The van der Waals surface area contributed by atoms with Crippen molar-refractivity contribution in [2.75, 3.05) is 16.3 Å². The number of hydrogen-bond donors (Lipinski definition) is 3. The zero-order chi connectivity index (χ0) is 30.1. The van der Waals surface area contributed by atoms with E-state index < -0.39 is 31.4 Å². The first-order valence-electron chi connectivity index (χ1n) is 13.7. The van der Waals surface area contributed by atoms with Gasteiger partial charge in [0.25, 0.3) is 0 Å². The van der Waals surface area contributed by atoms with Gasteiger partial charge in [-0.1, -0.05) is 25.1 Å². The van der Waals surface area contributed by atoms with E-state index in [1.165, 1.54) is 36.4 Å². The molecule has 0 aliphatic heterocycles. The first-order valence-corrected chi connectivity index (χ1v) is 17.2. The van der Waals surface area contributed by atoms with Crippen LogP contribution in [0, 0.1) is 5.82 Å². The predicted octanol–water partition coefficient (Wildman–Crippen LogP) is 4.42. The first-order chi connectivity index (χ1) is 19.9. The largest absolute Gasteiger partial charge is 0.351 e. The third-order valence-electron chi connectivity index (χ3n) is 7.35. The van der Waals surface area contributed by atoms with Gasteiger partial charge in [0.1, 0.15) is 11.3 Å². The van der Waals surface area contributed by atoms with Crippen molar-refractivity contribution in [3.8, 4) is 11.3 Å². The quantitative estimate of drug-likeness (QED) is 0.249. The van der Waals surface area contributed by atoms with Gasteiger partial charge in [-0.05, 0) is 73.6 Å². The molecule has 4 aromatic rings. The number of nitrogens with zero attached hydrogens (tertiary/aromatic N) is 3. The third kappa shape index (κ3) is 7.02. The molecule has 0 atom stereocenters. The number of fused-ring (bicyclic) bond motifs is 1. The smallest absolute Gasteiger partial charge is 0.237 e. The van der Waals surface area contributed by atoms with E-state index in [4.69, 9.17) is 10.7 Å². The number of halogens is 1. The van der Waals surface area contributed by atoms with E-state index >= 15 is 4.39 Å². The van der Waals surface area contributed by atoms with Crippen LogP contribution in [-0.4, -0.2) is 50.1 Å². The minimum Gasteiger partial charge on any atom is -0.351 e. The lowest BCUT2D eigenvalue weighted by molar-refractivity contribution is 0.410. The Morgan fingerprint density at radius 1 is 0.976 bits per heavy atom. The molecule has 1 aliphatic carbocycles. The molecule has 0 saturated heterocycles. The first kappa shape index (κ1) is 29.8. The molecule has 42 heavy (non-hydrogen) atoms. The summed E-state index contributed by atoms with van der Waals surface area (Å²) in [5.74, 6) is -0.664. The van der Waals surface area contributed by atoms with Crippen LogP contribution < -0.4 is 15.8 Å². The molecule has 0 amide bonds. The van der Waals surface area contributed by atoms with Gasteiger partial charge in [0.05, 0.1) is 33.7 Å². The number of aromatic nitrogens is 3. The van der Waals surface area contributed by atoms with Gasteiger partial charge in [0, 0.05) is 23.9 Å². The highest BCUT2D eigenvalue weighted by Gasteiger charge is 2.20. The van der Waals surface area contributed by atoms with E-state index in [-0.39, 0.29) is 22.7 Å². The molecule has 0 bridgehead atoms. The molecule has 222 valence electrons. The fraction of sp³-hybridized carbons (Fsp3) is 0.345. The van der Waals surface area contributed by atoms with E-state index in [1.807, 2.05) is 13.0 Å². The molecule has 0 unspecified atom stereocenters. The molecular weight excluding hydrogens is 579 g/mol. The van der Waals surface area contributed by atoms with Crippen molar-refractivity contribution in [3.63, 3.8) is 0 Å². The topological polar surface area (TPSA) is 157 Å². The summed E-state index contributed by atoms with van der Waals surface area (Å²) in [7, 11) is -7.38. The van der Waals surface area contributed by atoms with Gasteiger partial charge in [-0.2, -0.15) is 0 Å². The average Bonchev–Trinajstić information content (AvgIpc) is 2.94. The highest BCUT2D eigenvalue weighted by Crippen LogP contribution is 2.29. The number of nitrogens with one attached hydrogen (secondary N) is 2. The van der Waals surface area contributed by atoms with Crippen molar-refractivity contribution in [3.05, 3.63) is 71.7 Å². The number of hydrogen-bond acceptors (Lipinski definition) is 9. The summed E-state index contributed by atoms with van der Waals surface area (Å²) >= 11 is 0. The van der Waals surface area contributed by atoms with Crippen LogP contribution in [0.4, 0.5) is 16.0 Å². The molecule has 1 fully saturated rings. The van der Waals surface area contributed by atoms with Crippen LogP contribution in [0.25, 0.3) is 22.3 Å². The van der Waals surface area contributed by atoms with Crippen LogP contribution in [-0.2, 0) is 32.0 Å². The summed E-state index contributed by atoms with van der Waals surface area (Å²) in [6, 6.07) is 12.1. The summed E-state index contributed by atoms with van der Waals surface area (Å²) in [6.07, 6.45) is 7.27. The molecule has 2 heterocycles. The third-order valence-corrected chi connectivity index (χ3v) is 9.72. The highest BCUT2D eigenvalue weighted by atomic mass is 32.2. The highest BCUT2D eigenvalue weighted by molar-refractivity contribution is 7.92. The van der Waals surface area contributed by atoms with Crippen LogP contribution in [0.1, 0.15) is 43.7 Å². The van der Waals surface area contributed by atoms with Gasteiger partial charge < -0.3 is 11.1 Å². The predicted molar refractivity (Wildman–Crippen MR) is 162 cm³/mol. The Bertz CT molecular complexity index is 1830. The lowest BCUT2D eigenvalue weighted by atomic mass is 9.92. The van der Waals surface area contributed by atoms with E-state index in [0.717, 1.165) is 43.0 Å². The fourth-order valence-corrected chi connectivity index (χ4v) is 6.87. The summed E-state index contributed by atoms with van der Waals surface area (Å²) in [5.41, 5.74) is 9.40. The standard InChI is InChI=1S/C29H33FN6O4S2/c1-3-19-15-26(34-27-16-32-29(35-28(19)27)33-22-9-7-21(31)8-10-22)20-6-13-25(24(30)14-20)36-42(39,40)17-18-4-11-23(12-5-18)41(2,37)38/h4-6,11-16,21-22,36H,3,7-10,17,31H2,1-2H3,(H,32,33,35)/t21-,22-. The van der Waals surface area contributed by atoms with Crippen molar-refractivity contribution in [2.24, 2.45) is 5.73 Å². The number of aryl methyl sites for hydroxylation is 1. The maximum absolute atomic E-state index is 15.1. The van der Waals surface area contributed by atoms with E-state index in [2.05, 4.69) is 20.0 Å². The molecular formula is C29H33FN6O4S2. The molecule has 1 saturated carbocycles. The molecule has 0 spiro atoms. The van der Waals surface area contributed by atoms with Crippen molar-refractivity contribution in [1.82, 2.24) is 15.0 Å². The maximum atomic E-state index is 15.1. The van der Waals surface area contributed by atoms with Gasteiger partial charge in [0.15, 0.2) is 9.84 Å². The Balaban J connectivity index is 1.33. The van der Waals surface area contributed by atoms with Gasteiger partial charge in [-0.3, -0.25) is 4.72 Å². The maximum Gasteiger partial charge on any atom is 0.237 e. The van der Waals surface area contributed by atoms with Crippen LogP contribution in [0.5, 0.6) is 0 Å². The Morgan fingerprint density at radius 3 is 2.33 bits per heavy atom. The zero-order valence-corrected chi connectivity index (χ0v) is 25.0. The molecule has 0 radical (unpaired) electrons. The Hall–Kier alpha value is -3.68. The summed E-state index contributed by atoms with van der Waals surface area (Å²) in [6.45, 7) is 2.00. The van der Waals surface area contributed by atoms with Gasteiger partial charge in [-0.15, -0.1) is 0 Å². The van der Waals surface area contributed by atoms with Crippen LogP contribution in [0.15, 0.2) is 59.6 Å². The van der Waals surface area contributed by atoms with Crippen molar-refractivity contribution in [1.29, 1.82) is 0 Å². The van der Waals surface area contributed by atoms with Gasteiger partial charge in [0.2, 0.25) is 16.0 Å². The number of rotatable bonds is 9. The second-order valence-corrected chi connectivity index (χ2v) is 14.4. The van der Waals surface area contributed by atoms with Gasteiger partial charge >= 0.3 is 0 Å². The van der Waals surface area contributed by atoms with Crippen LogP contribution >= 0.6 is 0 Å². The number of nitrogens with two attached hydrogens (primary N) is 1. The summed E-state index contributed by atoms with van der Waals surface area (Å²) < 4.78 is 66.1. The molecule has 2 aromatic carbocycles. The lowest BCUT2D eigenvalue weighted by Gasteiger charge is -2.26. The van der Waals surface area contributed by atoms with Crippen molar-refractivity contribution < 1.29 is 21.2 Å². The van der Waals surface area contributed by atoms with Crippen LogP contribution in [0.2, 0.25) is 0 Å². The minimum absolute atomic E-state index is 0.0838. The average molecular weight is 613 g/mol. The Morgan fingerprint density at radius 2 is 1.69 bits per heavy atom. The molecule has 4 N–H and O–H groups in total. The monoisotopic (exact) mass is 612 g/mol. The van der Waals surface area contributed by atoms with Gasteiger partial charge in [-0.25, -0.2) is 36.2 Å². The zero-order valence-electron chi connectivity index (χ0n) is 23.3. The minimum atomic E-state index is -3.98. The van der Waals surface area contributed by atoms with E-state index in [1.54, 1.807) is 12.3 Å². The normalized spacial score (nSPS) is 17.7. The van der Waals surface area contributed by atoms with E-state index in [0.29, 0.717) is 34.7 Å². The second kappa shape index (κ2) is 11.9. The second-order valence-electron chi connectivity index (χ2n) is 10.7. The summed E-state index contributed by atoms with van der Waals surface area (Å²) in [5, 5.41) is 3.41. The SMILES string of the molecule is CCc1cc(-c2ccc(NS(=O)(=O)Cc3ccc(S(C)(=O)=O)cc3)c(F)c2)nc2cnc(N[C@H]3CC[C@H](N)CC3)nc12. The number of pyridine rings is 1. The van der Waals surface area contributed by atoms with E-state index in [9.17, 15) is 16.8 Å². The summed E-state index contributed by atoms with van der Waals surface area (Å²) in [4.78, 5) is 13.9. The number of benzene rings is 2. The lowest BCUT2D eigenvalue weighted by Crippen LogP contribution is -2.33. The molecule has 2 aromatic heterocycles. The molecule has 10 nitrogen and oxygen atoms in total. The Labute approximate surface area is 245 Å². The van der Waals surface area contributed by atoms with Crippen molar-refractivity contribution in [2.45, 2.75) is 61.8 Å². The number of anilines is 2. The number of sulfone groups is 1. The van der Waals surface area contributed by atoms with Crippen LogP contribution in [0.3, 0.4) is 0 Å². The number of sulfonamides is 1. The molecule has 1 aliphatic rings. The fourth-order valence-electron chi connectivity index (χ4n) is 5.04. The molecule has 13 heteroatoms.